The van der Waals surface area contributed by atoms with E-state index in [4.69, 9.17) is 0 Å². The number of benzene rings is 7. The fourth-order valence-electron chi connectivity index (χ4n) is 6.30. The molecule has 7 rings (SSSR count). The number of rotatable bonds is 7. The third-order valence-corrected chi connectivity index (χ3v) is 10.7. The molecule has 0 N–H and O–H groups in total. The van der Waals surface area contributed by atoms with Gasteiger partial charge in [0.15, 0.2) is 0 Å². The first-order valence-electron chi connectivity index (χ1n) is 15.2. The Labute approximate surface area is 263 Å². The standard InChI is InChI=1S/C24H20B.C18H15P/c1-5-13-21(14-6-1)25(22-15-7-2-8-16-22,23-17-9-3-10-18-23)24-19-11-4-12-20-24;1-4-10-16(11-5-1)19(17-12-6-2-7-13-17)18-14-8-3-9-15-18/h1-20H;1-15H/q-1;. The maximum atomic E-state index is 2.26. The van der Waals surface area contributed by atoms with Gasteiger partial charge in [0, 0.05) is 0 Å². The molecule has 212 valence electrons. The Kier molecular flexibility index (Phi) is 9.58. The molecule has 2 heteroatoms. The van der Waals surface area contributed by atoms with Gasteiger partial charge in [-0.2, -0.15) is 21.9 Å². The van der Waals surface area contributed by atoms with Gasteiger partial charge in [0.1, 0.15) is 6.15 Å². The lowest BCUT2D eigenvalue weighted by molar-refractivity contribution is 1.66. The van der Waals surface area contributed by atoms with Crippen molar-refractivity contribution in [3.05, 3.63) is 212 Å². The first kappa shape index (κ1) is 29.1. The largest absolute Gasteiger partial charge is 0.195 e. The van der Waals surface area contributed by atoms with Crippen LogP contribution in [0.3, 0.4) is 0 Å². The van der Waals surface area contributed by atoms with Crippen LogP contribution in [0.2, 0.25) is 0 Å². The summed E-state index contributed by atoms with van der Waals surface area (Å²) in [6, 6.07) is 75.9. The van der Waals surface area contributed by atoms with Crippen molar-refractivity contribution in [3.63, 3.8) is 0 Å². The minimum atomic E-state index is -1.22. The first-order valence-corrected chi connectivity index (χ1v) is 16.5. The molecule has 0 saturated heterocycles. The zero-order valence-electron chi connectivity index (χ0n) is 24.7. The highest BCUT2D eigenvalue weighted by molar-refractivity contribution is 7.79. The monoisotopic (exact) mass is 581 g/mol. The molecule has 7 aromatic rings. The van der Waals surface area contributed by atoms with Gasteiger partial charge in [-0.25, -0.2) is 0 Å². The maximum absolute atomic E-state index is 2.26. The predicted octanol–water partition coefficient (Wildman–Crippen LogP) is 6.51. The second kappa shape index (κ2) is 14.5. The van der Waals surface area contributed by atoms with Crippen molar-refractivity contribution in [2.24, 2.45) is 0 Å². The van der Waals surface area contributed by atoms with Crippen LogP contribution in [0.1, 0.15) is 0 Å². The average molecular weight is 582 g/mol. The minimum Gasteiger partial charge on any atom is -0.195 e. The smallest absolute Gasteiger partial charge is 0.108 e. The lowest BCUT2D eigenvalue weighted by Crippen LogP contribution is -2.74. The summed E-state index contributed by atoms with van der Waals surface area (Å²) in [6.07, 6.45) is -1.22. The molecule has 0 heterocycles. The van der Waals surface area contributed by atoms with Gasteiger partial charge in [0.2, 0.25) is 0 Å². The van der Waals surface area contributed by atoms with Crippen molar-refractivity contribution in [2.75, 3.05) is 0 Å². The topological polar surface area (TPSA) is 0 Å². The van der Waals surface area contributed by atoms with Crippen LogP contribution in [0.25, 0.3) is 0 Å². The molecule has 0 fully saturated rings. The van der Waals surface area contributed by atoms with Crippen LogP contribution in [0.4, 0.5) is 0 Å². The van der Waals surface area contributed by atoms with Crippen molar-refractivity contribution in [2.45, 2.75) is 0 Å². The molecule has 0 bridgehead atoms. The summed E-state index contributed by atoms with van der Waals surface area (Å²) in [5, 5.41) is 4.19. The molecule has 0 atom stereocenters. The summed E-state index contributed by atoms with van der Waals surface area (Å²) in [5.74, 6) is 0. The Bertz CT molecular complexity index is 1550. The van der Waals surface area contributed by atoms with E-state index in [-0.39, 0.29) is 0 Å². The van der Waals surface area contributed by atoms with Crippen LogP contribution >= 0.6 is 7.92 Å². The van der Waals surface area contributed by atoms with Gasteiger partial charge in [-0.1, -0.05) is 212 Å². The fraction of sp³-hybridized carbons (Fsp3) is 0. The predicted molar refractivity (Wildman–Crippen MR) is 195 cm³/mol. The molecular weight excluding hydrogens is 546 g/mol. The molecule has 0 nitrogen and oxygen atoms in total. The van der Waals surface area contributed by atoms with E-state index in [1.165, 1.54) is 37.8 Å². The molecule has 0 aliphatic carbocycles. The average Bonchev–Trinajstić information content (AvgIpc) is 3.12. The number of hydrogen-bond acceptors (Lipinski definition) is 0. The van der Waals surface area contributed by atoms with E-state index in [0.29, 0.717) is 0 Å². The molecule has 0 radical (unpaired) electrons. The lowest BCUT2D eigenvalue weighted by Gasteiger charge is -2.44. The van der Waals surface area contributed by atoms with E-state index in [1.54, 1.807) is 0 Å². The van der Waals surface area contributed by atoms with Gasteiger partial charge >= 0.3 is 0 Å². The van der Waals surface area contributed by atoms with E-state index in [1.807, 2.05) is 0 Å². The number of hydrogen-bond donors (Lipinski definition) is 0. The fourth-order valence-corrected chi connectivity index (χ4v) is 8.61. The molecule has 0 aromatic heterocycles. The van der Waals surface area contributed by atoms with Gasteiger partial charge < -0.3 is 0 Å². The summed E-state index contributed by atoms with van der Waals surface area (Å²) in [4.78, 5) is 0. The van der Waals surface area contributed by atoms with E-state index in [2.05, 4.69) is 212 Å². The zero-order chi connectivity index (χ0) is 29.9. The summed E-state index contributed by atoms with van der Waals surface area (Å²) in [7, 11) is -0.446. The summed E-state index contributed by atoms with van der Waals surface area (Å²) in [5.41, 5.74) is 5.36. The molecule has 0 unspecified atom stereocenters. The molecule has 0 aliphatic heterocycles. The van der Waals surface area contributed by atoms with Crippen LogP contribution in [0.5, 0.6) is 0 Å². The highest BCUT2D eigenvalue weighted by Crippen LogP contribution is 2.32. The van der Waals surface area contributed by atoms with Gasteiger partial charge in [0.25, 0.3) is 0 Å². The molecule has 7 aromatic carbocycles. The van der Waals surface area contributed by atoms with E-state index < -0.39 is 14.1 Å². The molecule has 44 heavy (non-hydrogen) atoms. The van der Waals surface area contributed by atoms with Crippen molar-refractivity contribution in [1.82, 2.24) is 0 Å². The quantitative estimate of drug-likeness (QED) is 0.149. The maximum Gasteiger partial charge on any atom is 0.108 e. The van der Waals surface area contributed by atoms with Crippen LogP contribution in [0.15, 0.2) is 212 Å². The third-order valence-electron chi connectivity index (χ3n) is 8.24. The SMILES string of the molecule is c1ccc(P(c2ccccc2)c2ccccc2)cc1.c1ccc([B-](c2ccccc2)(c2ccccc2)c2ccccc2)cc1. The van der Waals surface area contributed by atoms with Gasteiger partial charge in [-0.05, 0) is 23.8 Å². The second-order valence-electron chi connectivity index (χ2n) is 10.9. The summed E-state index contributed by atoms with van der Waals surface area (Å²) < 4.78 is 0. The zero-order valence-corrected chi connectivity index (χ0v) is 25.6. The highest BCUT2D eigenvalue weighted by Gasteiger charge is 2.31. The second-order valence-corrected chi connectivity index (χ2v) is 13.1. The molecule has 0 aliphatic rings. The highest BCUT2D eigenvalue weighted by atomic mass is 31.1. The first-order chi connectivity index (χ1) is 21.9. The normalized spacial score (nSPS) is 10.9. The van der Waals surface area contributed by atoms with Crippen LogP contribution in [0, 0.1) is 0 Å². The van der Waals surface area contributed by atoms with Crippen molar-refractivity contribution in [3.8, 4) is 0 Å². The lowest BCUT2D eigenvalue weighted by atomic mass is 9.13. The van der Waals surface area contributed by atoms with Crippen LogP contribution in [-0.2, 0) is 0 Å². The van der Waals surface area contributed by atoms with E-state index >= 15 is 0 Å². The Hall–Kier alpha value is -4.97. The summed E-state index contributed by atoms with van der Waals surface area (Å²) >= 11 is 0. The minimum absolute atomic E-state index is 0.446. The van der Waals surface area contributed by atoms with Gasteiger partial charge in [0.05, 0.1) is 0 Å². The Morgan fingerprint density at radius 3 is 0.614 bits per heavy atom. The van der Waals surface area contributed by atoms with E-state index in [0.717, 1.165) is 0 Å². The molecular formula is C42H35BP-. The third kappa shape index (κ3) is 6.35. The van der Waals surface area contributed by atoms with Gasteiger partial charge in [-0.15, -0.1) is 0 Å². The van der Waals surface area contributed by atoms with Crippen molar-refractivity contribution in [1.29, 1.82) is 0 Å². The summed E-state index contributed by atoms with van der Waals surface area (Å²) in [6.45, 7) is 0. The Morgan fingerprint density at radius 1 is 0.227 bits per heavy atom. The Balaban J connectivity index is 0.000000162. The molecule has 0 saturated carbocycles. The molecule has 0 amide bonds. The van der Waals surface area contributed by atoms with Gasteiger partial charge in [-0.3, -0.25) is 0 Å². The van der Waals surface area contributed by atoms with Crippen LogP contribution in [-0.4, -0.2) is 6.15 Å². The van der Waals surface area contributed by atoms with E-state index in [9.17, 15) is 0 Å². The Morgan fingerprint density at radius 2 is 0.409 bits per heavy atom. The van der Waals surface area contributed by atoms with Crippen molar-refractivity contribution < 1.29 is 0 Å². The van der Waals surface area contributed by atoms with Crippen LogP contribution < -0.4 is 37.8 Å². The van der Waals surface area contributed by atoms with Crippen molar-refractivity contribution >= 4 is 51.8 Å². The molecule has 0 spiro atoms.